The van der Waals surface area contributed by atoms with Crippen LogP contribution in [-0.4, -0.2) is 37.2 Å². The molecule has 0 N–H and O–H groups in total. The van der Waals surface area contributed by atoms with Crippen molar-refractivity contribution in [2.45, 2.75) is 32.2 Å². The Morgan fingerprint density at radius 3 is 2.69 bits per heavy atom. The third-order valence-electron chi connectivity index (χ3n) is 2.48. The molecule has 1 aliphatic heterocycles. The quantitative estimate of drug-likeness (QED) is 0.607. The largest absolute Gasteiger partial charge is 0.379 e. The van der Waals surface area contributed by atoms with Gasteiger partial charge in [-0.25, -0.2) is 0 Å². The number of hydrogen-bond acceptors (Lipinski definition) is 2. The maximum Gasteiger partial charge on any atom is 0.0726 e. The van der Waals surface area contributed by atoms with Gasteiger partial charge in [0.2, 0.25) is 0 Å². The van der Waals surface area contributed by atoms with E-state index in [4.69, 9.17) is 11.2 Å². The molecule has 0 bridgehead atoms. The van der Waals surface area contributed by atoms with E-state index < -0.39 is 0 Å². The van der Waals surface area contributed by atoms with Crippen molar-refractivity contribution in [2.75, 3.05) is 26.3 Å². The van der Waals surface area contributed by atoms with Crippen molar-refractivity contribution in [2.24, 2.45) is 0 Å². The van der Waals surface area contributed by atoms with Crippen molar-refractivity contribution in [3.05, 3.63) is 6.42 Å². The smallest absolute Gasteiger partial charge is 0.0726 e. The van der Waals surface area contributed by atoms with Gasteiger partial charge >= 0.3 is 0 Å². The zero-order valence-electron chi connectivity index (χ0n) is 8.38. The molecule has 0 amide bonds. The molecule has 1 fully saturated rings. The highest BCUT2D eigenvalue weighted by atomic mass is 16.5. The summed E-state index contributed by atoms with van der Waals surface area (Å²) in [6.07, 6.45) is 10.7. The SMILES string of the molecule is [C]#CC(CCCC)N1CCOCC1. The molecule has 1 heterocycles. The molecule has 73 valence electrons. The van der Waals surface area contributed by atoms with Gasteiger partial charge in [-0.15, -0.1) is 0 Å². The maximum atomic E-state index is 7.24. The van der Waals surface area contributed by atoms with Crippen molar-refractivity contribution in [1.29, 1.82) is 0 Å². The molecule has 1 unspecified atom stereocenters. The highest BCUT2D eigenvalue weighted by Crippen LogP contribution is 2.09. The Kier molecular flexibility index (Phi) is 4.88. The van der Waals surface area contributed by atoms with E-state index in [9.17, 15) is 0 Å². The Morgan fingerprint density at radius 1 is 1.46 bits per heavy atom. The molecule has 0 aromatic rings. The third-order valence-corrected chi connectivity index (χ3v) is 2.48. The van der Waals surface area contributed by atoms with E-state index in [1.165, 1.54) is 12.8 Å². The predicted molar refractivity (Wildman–Crippen MR) is 52.8 cm³/mol. The molecule has 1 rings (SSSR count). The molecule has 0 aromatic carbocycles. The fourth-order valence-electron chi connectivity index (χ4n) is 1.63. The van der Waals surface area contributed by atoms with Crippen molar-refractivity contribution in [1.82, 2.24) is 4.90 Å². The normalized spacial score (nSPS) is 20.9. The molecule has 13 heavy (non-hydrogen) atoms. The van der Waals surface area contributed by atoms with Crippen LogP contribution in [0.4, 0.5) is 0 Å². The average molecular weight is 180 g/mol. The second kappa shape index (κ2) is 6.01. The van der Waals surface area contributed by atoms with Gasteiger partial charge in [0.1, 0.15) is 0 Å². The second-order valence-corrected chi connectivity index (χ2v) is 3.45. The van der Waals surface area contributed by atoms with Gasteiger partial charge in [-0.3, -0.25) is 4.90 Å². The van der Waals surface area contributed by atoms with E-state index in [2.05, 4.69) is 17.7 Å². The molecule has 0 spiro atoms. The summed E-state index contributed by atoms with van der Waals surface area (Å²) in [4.78, 5) is 2.30. The Labute approximate surface area is 81.3 Å². The number of ether oxygens (including phenoxy) is 1. The highest BCUT2D eigenvalue weighted by Gasteiger charge is 2.17. The van der Waals surface area contributed by atoms with Gasteiger partial charge in [0.15, 0.2) is 0 Å². The molecule has 1 radical (unpaired) electrons. The van der Waals surface area contributed by atoms with Crippen LogP contribution in [0.3, 0.4) is 0 Å². The first-order valence-corrected chi connectivity index (χ1v) is 5.12. The minimum absolute atomic E-state index is 0.226. The number of rotatable bonds is 4. The zero-order chi connectivity index (χ0) is 9.52. The molecule has 0 saturated carbocycles. The number of nitrogens with zero attached hydrogens (tertiary/aromatic N) is 1. The number of unbranched alkanes of at least 4 members (excludes halogenated alkanes) is 1. The summed E-state index contributed by atoms with van der Waals surface area (Å²) in [6.45, 7) is 5.72. The van der Waals surface area contributed by atoms with Gasteiger partial charge in [-0.05, 0) is 12.8 Å². The molecule has 0 aliphatic carbocycles. The third kappa shape index (κ3) is 3.38. The summed E-state index contributed by atoms with van der Waals surface area (Å²) in [5.41, 5.74) is 0. The fraction of sp³-hybridized carbons (Fsp3) is 0.818. The van der Waals surface area contributed by atoms with Crippen LogP contribution >= 0.6 is 0 Å². The van der Waals surface area contributed by atoms with Gasteiger partial charge in [0.25, 0.3) is 0 Å². The van der Waals surface area contributed by atoms with E-state index in [0.717, 1.165) is 32.7 Å². The minimum Gasteiger partial charge on any atom is -0.379 e. The summed E-state index contributed by atoms with van der Waals surface area (Å²) in [7, 11) is 0. The molecule has 1 atom stereocenters. The lowest BCUT2D eigenvalue weighted by Gasteiger charge is -2.31. The number of morpholine rings is 1. The van der Waals surface area contributed by atoms with Crippen LogP contribution in [0.25, 0.3) is 0 Å². The summed E-state index contributed by atoms with van der Waals surface area (Å²) in [5.74, 6) is 2.63. The van der Waals surface area contributed by atoms with Crippen LogP contribution in [-0.2, 0) is 4.74 Å². The van der Waals surface area contributed by atoms with Crippen LogP contribution in [0, 0.1) is 12.3 Å². The van der Waals surface area contributed by atoms with Gasteiger partial charge < -0.3 is 4.74 Å². The number of hydrogen-bond donors (Lipinski definition) is 0. The minimum atomic E-state index is 0.226. The highest BCUT2D eigenvalue weighted by molar-refractivity contribution is 4.95. The first kappa shape index (κ1) is 10.6. The Balaban J connectivity index is 2.31. The van der Waals surface area contributed by atoms with Crippen molar-refractivity contribution < 1.29 is 4.74 Å². The molecule has 1 saturated heterocycles. The summed E-state index contributed by atoms with van der Waals surface area (Å²) in [5, 5.41) is 0. The molecular formula is C11H18NO. The van der Waals surface area contributed by atoms with E-state index in [0.29, 0.717) is 0 Å². The van der Waals surface area contributed by atoms with Crippen LogP contribution < -0.4 is 0 Å². The topological polar surface area (TPSA) is 12.5 Å². The van der Waals surface area contributed by atoms with Crippen LogP contribution in [0.2, 0.25) is 0 Å². The van der Waals surface area contributed by atoms with Crippen molar-refractivity contribution in [3.8, 4) is 5.92 Å². The maximum absolute atomic E-state index is 7.24. The Bertz CT molecular complexity index is 167. The zero-order valence-corrected chi connectivity index (χ0v) is 8.38. The molecule has 0 aromatic heterocycles. The molecule has 2 nitrogen and oxygen atoms in total. The van der Waals surface area contributed by atoms with Crippen molar-refractivity contribution >= 4 is 0 Å². The van der Waals surface area contributed by atoms with Gasteiger partial charge in [-0.1, -0.05) is 25.7 Å². The van der Waals surface area contributed by atoms with E-state index in [-0.39, 0.29) is 6.04 Å². The lowest BCUT2D eigenvalue weighted by atomic mass is 10.1. The van der Waals surface area contributed by atoms with Crippen molar-refractivity contribution in [3.63, 3.8) is 0 Å². The summed E-state index contributed by atoms with van der Waals surface area (Å²) < 4.78 is 5.27. The lowest BCUT2D eigenvalue weighted by molar-refractivity contribution is 0.0255. The van der Waals surface area contributed by atoms with Gasteiger partial charge in [0, 0.05) is 13.1 Å². The van der Waals surface area contributed by atoms with Crippen LogP contribution in [0.1, 0.15) is 26.2 Å². The van der Waals surface area contributed by atoms with Crippen LogP contribution in [0.15, 0.2) is 0 Å². The first-order chi connectivity index (χ1) is 6.38. The standard InChI is InChI=1S/C11H18NO/c1-3-5-6-11(4-2)12-7-9-13-10-8-12/h11H,3,5-10H2,1H3. The van der Waals surface area contributed by atoms with E-state index in [1.54, 1.807) is 0 Å². The second-order valence-electron chi connectivity index (χ2n) is 3.45. The fourth-order valence-corrected chi connectivity index (χ4v) is 1.63. The van der Waals surface area contributed by atoms with Gasteiger partial charge in [0.05, 0.1) is 19.3 Å². The Hall–Kier alpha value is -0.520. The molecule has 1 aliphatic rings. The van der Waals surface area contributed by atoms with E-state index in [1.807, 2.05) is 0 Å². The predicted octanol–water partition coefficient (Wildman–Crippen LogP) is 1.47. The Morgan fingerprint density at radius 2 is 2.15 bits per heavy atom. The first-order valence-electron chi connectivity index (χ1n) is 5.12. The monoisotopic (exact) mass is 180 g/mol. The van der Waals surface area contributed by atoms with E-state index >= 15 is 0 Å². The summed E-state index contributed by atoms with van der Waals surface area (Å²) >= 11 is 0. The van der Waals surface area contributed by atoms with Crippen LogP contribution in [0.5, 0.6) is 0 Å². The average Bonchev–Trinajstić information content (AvgIpc) is 2.21. The molecule has 2 heteroatoms. The summed E-state index contributed by atoms with van der Waals surface area (Å²) in [6, 6.07) is 0.226. The van der Waals surface area contributed by atoms with Gasteiger partial charge in [-0.2, -0.15) is 0 Å². The lowest BCUT2D eigenvalue weighted by Crippen LogP contribution is -2.42. The molecular weight excluding hydrogens is 162 g/mol.